The Kier molecular flexibility index (Phi) is 8.16. The van der Waals surface area contributed by atoms with E-state index in [1.54, 1.807) is 6.92 Å². The summed E-state index contributed by atoms with van der Waals surface area (Å²) in [6.45, 7) is 1.31. The molecule has 0 bridgehead atoms. The lowest BCUT2D eigenvalue weighted by Crippen LogP contribution is -2.44. The van der Waals surface area contributed by atoms with Crippen LogP contribution in [0.15, 0.2) is 29.2 Å². The third-order valence-electron chi connectivity index (χ3n) is 3.28. The van der Waals surface area contributed by atoms with Crippen LogP contribution in [-0.2, 0) is 21.0 Å². The van der Waals surface area contributed by atoms with Gasteiger partial charge >= 0.3 is 6.18 Å². The van der Waals surface area contributed by atoms with Gasteiger partial charge in [0.25, 0.3) is 0 Å². The minimum absolute atomic E-state index is 0. The van der Waals surface area contributed by atoms with Gasteiger partial charge in [0.15, 0.2) is 0 Å². The van der Waals surface area contributed by atoms with Crippen LogP contribution < -0.4 is 10.5 Å². The summed E-state index contributed by atoms with van der Waals surface area (Å²) in [5, 5.41) is 0. The van der Waals surface area contributed by atoms with Crippen LogP contribution >= 0.6 is 12.4 Å². The molecule has 1 atom stereocenters. The lowest BCUT2D eigenvalue weighted by atomic mass is 10.2. The number of nitrogens with one attached hydrogen (secondary N) is 1. The molecule has 11 heteroatoms. The van der Waals surface area contributed by atoms with Crippen LogP contribution in [0, 0.1) is 0 Å². The Balaban J connectivity index is 0.00000529. The smallest absolute Gasteiger partial charge is 0.341 e. The van der Waals surface area contributed by atoms with Crippen LogP contribution in [0.3, 0.4) is 0 Å². The predicted octanol–water partition coefficient (Wildman–Crippen LogP) is 1.21. The molecule has 6 nitrogen and oxygen atoms in total. The van der Waals surface area contributed by atoms with E-state index in [1.165, 1.54) is 11.9 Å². The first kappa shape index (κ1) is 22.6. The van der Waals surface area contributed by atoms with Crippen molar-refractivity contribution in [3.05, 3.63) is 29.8 Å². The zero-order chi connectivity index (χ0) is 17.8. The zero-order valence-electron chi connectivity index (χ0n) is 13.0. The molecule has 138 valence electrons. The maximum atomic E-state index is 12.6. The fourth-order valence-corrected chi connectivity index (χ4v) is 2.63. The topological polar surface area (TPSA) is 92.5 Å². The first-order valence-electron chi connectivity index (χ1n) is 6.61. The Hall–Kier alpha value is -1.36. The number of halogens is 4. The third kappa shape index (κ3) is 5.93. The van der Waals surface area contributed by atoms with Gasteiger partial charge in [-0.2, -0.15) is 13.2 Å². The van der Waals surface area contributed by atoms with Crippen molar-refractivity contribution in [1.82, 2.24) is 9.62 Å². The molecule has 1 rings (SSSR count). The summed E-state index contributed by atoms with van der Waals surface area (Å²) in [4.78, 5) is 12.5. The molecule has 0 saturated carbocycles. The predicted molar refractivity (Wildman–Crippen MR) is 85.2 cm³/mol. The summed E-state index contributed by atoms with van der Waals surface area (Å²) in [5.41, 5.74) is 4.32. The number of carbonyl (C=O) groups is 1. The Morgan fingerprint density at radius 3 is 2.46 bits per heavy atom. The lowest BCUT2D eigenvalue weighted by molar-refractivity contribution is -0.137. The lowest BCUT2D eigenvalue weighted by Gasteiger charge is -2.23. The largest absolute Gasteiger partial charge is 0.416 e. The molecular formula is C13H19ClF3N3O3S. The highest BCUT2D eigenvalue weighted by Gasteiger charge is 2.31. The van der Waals surface area contributed by atoms with E-state index >= 15 is 0 Å². The molecule has 0 saturated heterocycles. The van der Waals surface area contributed by atoms with Gasteiger partial charge in [0.2, 0.25) is 15.9 Å². The van der Waals surface area contributed by atoms with E-state index in [-0.39, 0.29) is 25.0 Å². The van der Waals surface area contributed by atoms with E-state index in [0.717, 1.165) is 18.2 Å². The van der Waals surface area contributed by atoms with Gasteiger partial charge < -0.3 is 10.6 Å². The van der Waals surface area contributed by atoms with Crippen molar-refractivity contribution in [2.75, 3.05) is 20.1 Å². The van der Waals surface area contributed by atoms with Gasteiger partial charge in [-0.3, -0.25) is 4.79 Å². The van der Waals surface area contributed by atoms with E-state index in [1.807, 2.05) is 4.72 Å². The fourth-order valence-electron chi connectivity index (χ4n) is 1.61. The van der Waals surface area contributed by atoms with Crippen LogP contribution in [0.2, 0.25) is 0 Å². The summed E-state index contributed by atoms with van der Waals surface area (Å²) < 4.78 is 63.8. The van der Waals surface area contributed by atoms with Crippen LogP contribution in [0.1, 0.15) is 12.5 Å². The standard InChI is InChI=1S/C13H18F3N3O3S.ClH/c1-9(7-17)19(2)12(20)8-18-23(21,22)11-5-3-4-10(6-11)13(14,15)16;/h3-6,9,18H,7-8,17H2,1-2H3;1H. The van der Waals surface area contributed by atoms with Gasteiger partial charge in [-0.1, -0.05) is 6.07 Å². The van der Waals surface area contributed by atoms with Crippen molar-refractivity contribution >= 4 is 28.3 Å². The average Bonchev–Trinajstić information content (AvgIpc) is 2.50. The van der Waals surface area contributed by atoms with E-state index < -0.39 is 39.1 Å². The second-order valence-corrected chi connectivity index (χ2v) is 6.71. The van der Waals surface area contributed by atoms with Gasteiger partial charge in [-0.15, -0.1) is 12.4 Å². The van der Waals surface area contributed by atoms with Crippen molar-refractivity contribution in [1.29, 1.82) is 0 Å². The number of likely N-dealkylation sites (N-methyl/N-ethyl adjacent to an activating group) is 1. The van der Waals surface area contributed by atoms with Crippen molar-refractivity contribution in [3.63, 3.8) is 0 Å². The molecule has 1 amide bonds. The summed E-state index contributed by atoms with van der Waals surface area (Å²) in [7, 11) is -2.78. The molecule has 0 fully saturated rings. The molecule has 24 heavy (non-hydrogen) atoms. The number of nitrogens with two attached hydrogens (primary N) is 1. The molecule has 0 aliphatic carbocycles. The van der Waals surface area contributed by atoms with Gasteiger partial charge in [-0.25, -0.2) is 13.1 Å². The quantitative estimate of drug-likeness (QED) is 0.765. The molecular weight excluding hydrogens is 371 g/mol. The zero-order valence-corrected chi connectivity index (χ0v) is 14.6. The molecule has 0 aliphatic rings. The SMILES string of the molecule is CC(CN)N(C)C(=O)CNS(=O)(=O)c1cccc(C(F)(F)F)c1.Cl. The Bertz CT molecular complexity index is 668. The number of rotatable bonds is 6. The highest BCUT2D eigenvalue weighted by molar-refractivity contribution is 7.89. The number of hydrogen-bond donors (Lipinski definition) is 2. The molecule has 0 radical (unpaired) electrons. The number of alkyl halides is 3. The fraction of sp³-hybridized carbons (Fsp3) is 0.462. The highest BCUT2D eigenvalue weighted by atomic mass is 35.5. The maximum Gasteiger partial charge on any atom is 0.416 e. The second kappa shape index (κ2) is 8.65. The number of amides is 1. The summed E-state index contributed by atoms with van der Waals surface area (Å²) >= 11 is 0. The van der Waals surface area contributed by atoms with E-state index in [9.17, 15) is 26.4 Å². The minimum Gasteiger partial charge on any atom is -0.341 e. The molecule has 0 heterocycles. The third-order valence-corrected chi connectivity index (χ3v) is 4.68. The molecule has 0 aliphatic heterocycles. The van der Waals surface area contributed by atoms with Crippen molar-refractivity contribution < 1.29 is 26.4 Å². The van der Waals surface area contributed by atoms with E-state index in [0.29, 0.717) is 6.07 Å². The minimum atomic E-state index is -4.65. The van der Waals surface area contributed by atoms with E-state index in [4.69, 9.17) is 5.73 Å². The Morgan fingerprint density at radius 2 is 1.96 bits per heavy atom. The monoisotopic (exact) mass is 389 g/mol. The second-order valence-electron chi connectivity index (χ2n) is 4.94. The van der Waals surface area contributed by atoms with Crippen LogP contribution in [0.4, 0.5) is 13.2 Å². The number of benzene rings is 1. The molecule has 1 aromatic carbocycles. The average molecular weight is 390 g/mol. The summed E-state index contributed by atoms with van der Waals surface area (Å²) in [6.07, 6.45) is -4.65. The van der Waals surface area contributed by atoms with Crippen molar-refractivity contribution in [3.8, 4) is 0 Å². The van der Waals surface area contributed by atoms with Gasteiger partial charge in [0.05, 0.1) is 17.0 Å². The number of carbonyl (C=O) groups excluding carboxylic acids is 1. The normalized spacial score (nSPS) is 13.1. The van der Waals surface area contributed by atoms with E-state index in [2.05, 4.69) is 0 Å². The maximum absolute atomic E-state index is 12.6. The van der Waals surface area contributed by atoms with Crippen LogP contribution in [0.5, 0.6) is 0 Å². The number of nitrogens with zero attached hydrogens (tertiary/aromatic N) is 1. The highest BCUT2D eigenvalue weighted by Crippen LogP contribution is 2.30. The molecule has 1 aromatic rings. The number of hydrogen-bond acceptors (Lipinski definition) is 4. The Labute approximate surface area is 144 Å². The number of sulfonamides is 1. The van der Waals surface area contributed by atoms with Crippen molar-refractivity contribution in [2.24, 2.45) is 5.73 Å². The first-order valence-corrected chi connectivity index (χ1v) is 8.10. The molecule has 0 spiro atoms. The summed E-state index contributed by atoms with van der Waals surface area (Å²) in [5.74, 6) is -0.543. The molecule has 0 aromatic heterocycles. The van der Waals surface area contributed by atoms with Gasteiger partial charge in [-0.05, 0) is 25.1 Å². The molecule has 3 N–H and O–H groups in total. The molecule has 1 unspecified atom stereocenters. The van der Waals surface area contributed by atoms with Gasteiger partial charge in [0, 0.05) is 19.6 Å². The summed E-state index contributed by atoms with van der Waals surface area (Å²) in [6, 6.07) is 3.00. The first-order chi connectivity index (χ1) is 10.5. The van der Waals surface area contributed by atoms with Crippen LogP contribution in [0.25, 0.3) is 0 Å². The Morgan fingerprint density at radius 1 is 1.38 bits per heavy atom. The van der Waals surface area contributed by atoms with Crippen molar-refractivity contribution in [2.45, 2.75) is 24.0 Å². The van der Waals surface area contributed by atoms with Crippen LogP contribution in [-0.4, -0.2) is 45.4 Å². The van der Waals surface area contributed by atoms with Gasteiger partial charge in [0.1, 0.15) is 0 Å².